The Morgan fingerprint density at radius 2 is 2.17 bits per heavy atom. The Labute approximate surface area is 107 Å². The molecule has 5 heteroatoms. The number of rotatable bonds is 7. The maximum atomic E-state index is 11.2. The van der Waals surface area contributed by atoms with Crippen LogP contribution in [0.3, 0.4) is 0 Å². The van der Waals surface area contributed by atoms with Crippen molar-refractivity contribution < 1.29 is 14.3 Å². The van der Waals surface area contributed by atoms with Gasteiger partial charge in [-0.05, 0) is 31.2 Å². The first-order chi connectivity index (χ1) is 8.62. The van der Waals surface area contributed by atoms with Crippen molar-refractivity contribution in [2.24, 2.45) is 5.73 Å². The van der Waals surface area contributed by atoms with Crippen LogP contribution in [0.1, 0.15) is 18.9 Å². The van der Waals surface area contributed by atoms with Gasteiger partial charge in [0, 0.05) is 6.54 Å². The van der Waals surface area contributed by atoms with Gasteiger partial charge in [0.05, 0.1) is 7.11 Å². The molecular formula is C13H20N2O3. The van der Waals surface area contributed by atoms with Crippen LogP contribution in [-0.2, 0) is 11.3 Å². The van der Waals surface area contributed by atoms with Crippen molar-refractivity contribution in [2.75, 3.05) is 14.2 Å². The van der Waals surface area contributed by atoms with Crippen LogP contribution >= 0.6 is 0 Å². The first-order valence-electron chi connectivity index (χ1n) is 5.89. The Morgan fingerprint density at radius 3 is 2.67 bits per heavy atom. The highest BCUT2D eigenvalue weighted by atomic mass is 16.5. The highest BCUT2D eigenvalue weighted by Gasteiger charge is 2.17. The van der Waals surface area contributed by atoms with E-state index in [1.807, 2.05) is 26.1 Å². The van der Waals surface area contributed by atoms with E-state index in [9.17, 15) is 4.79 Å². The lowest BCUT2D eigenvalue weighted by Gasteiger charge is -2.17. The van der Waals surface area contributed by atoms with Gasteiger partial charge in [0.25, 0.3) is 5.91 Å². The standard InChI is InChI=1S/C13H20N2O3/c1-4-10(13(14)16)18-11-6-5-9(8-15-2)7-12(11)17-3/h5-7,10,15H,4,8H2,1-3H3,(H2,14,16). The molecule has 0 aromatic heterocycles. The fourth-order valence-electron chi connectivity index (χ4n) is 1.62. The molecule has 1 atom stereocenters. The molecule has 0 saturated carbocycles. The molecule has 100 valence electrons. The molecule has 1 rings (SSSR count). The molecule has 0 bridgehead atoms. The Hall–Kier alpha value is -1.75. The highest BCUT2D eigenvalue weighted by Crippen LogP contribution is 2.29. The van der Waals surface area contributed by atoms with Crippen LogP contribution in [0.5, 0.6) is 11.5 Å². The molecule has 0 aliphatic rings. The van der Waals surface area contributed by atoms with Gasteiger partial charge in [-0.2, -0.15) is 0 Å². The van der Waals surface area contributed by atoms with Crippen molar-refractivity contribution in [1.29, 1.82) is 0 Å². The predicted molar refractivity (Wildman–Crippen MR) is 69.7 cm³/mol. The second-order valence-corrected chi connectivity index (χ2v) is 3.93. The van der Waals surface area contributed by atoms with E-state index in [4.69, 9.17) is 15.2 Å². The van der Waals surface area contributed by atoms with Gasteiger partial charge in [0.2, 0.25) is 0 Å². The molecule has 5 nitrogen and oxygen atoms in total. The minimum atomic E-state index is -0.631. The van der Waals surface area contributed by atoms with Gasteiger partial charge in [0.1, 0.15) is 0 Å². The summed E-state index contributed by atoms with van der Waals surface area (Å²) in [7, 11) is 3.44. The third kappa shape index (κ3) is 3.63. The van der Waals surface area contributed by atoms with E-state index in [1.165, 1.54) is 0 Å². The Kier molecular flexibility index (Phi) is 5.45. The first-order valence-corrected chi connectivity index (χ1v) is 5.89. The van der Waals surface area contributed by atoms with E-state index >= 15 is 0 Å². The summed E-state index contributed by atoms with van der Waals surface area (Å²) in [5.41, 5.74) is 6.33. The first kappa shape index (κ1) is 14.3. The van der Waals surface area contributed by atoms with E-state index in [-0.39, 0.29) is 0 Å². The van der Waals surface area contributed by atoms with Crippen molar-refractivity contribution in [2.45, 2.75) is 26.0 Å². The van der Waals surface area contributed by atoms with Gasteiger partial charge >= 0.3 is 0 Å². The predicted octanol–water partition coefficient (Wildman–Crippen LogP) is 1.06. The molecule has 3 N–H and O–H groups in total. The molecule has 0 heterocycles. The normalized spacial score (nSPS) is 11.9. The summed E-state index contributed by atoms with van der Waals surface area (Å²) in [6.07, 6.45) is -0.106. The summed E-state index contributed by atoms with van der Waals surface area (Å²) in [4.78, 5) is 11.2. The van der Waals surface area contributed by atoms with Gasteiger partial charge < -0.3 is 20.5 Å². The molecule has 0 radical (unpaired) electrons. The third-order valence-corrected chi connectivity index (χ3v) is 2.57. The lowest BCUT2D eigenvalue weighted by molar-refractivity contribution is -0.124. The second kappa shape index (κ2) is 6.86. The number of methoxy groups -OCH3 is 1. The van der Waals surface area contributed by atoms with Crippen LogP contribution in [0, 0.1) is 0 Å². The van der Waals surface area contributed by atoms with Crippen molar-refractivity contribution in [3.63, 3.8) is 0 Å². The van der Waals surface area contributed by atoms with Crippen LogP contribution in [0.15, 0.2) is 18.2 Å². The number of benzene rings is 1. The molecule has 0 saturated heterocycles. The monoisotopic (exact) mass is 252 g/mol. The van der Waals surface area contributed by atoms with E-state index in [0.29, 0.717) is 17.9 Å². The van der Waals surface area contributed by atoms with E-state index in [0.717, 1.165) is 12.1 Å². The van der Waals surface area contributed by atoms with E-state index < -0.39 is 12.0 Å². The van der Waals surface area contributed by atoms with Crippen LogP contribution in [-0.4, -0.2) is 26.2 Å². The molecule has 18 heavy (non-hydrogen) atoms. The number of amides is 1. The lowest BCUT2D eigenvalue weighted by Crippen LogP contribution is -2.33. The Morgan fingerprint density at radius 1 is 1.44 bits per heavy atom. The number of hydrogen-bond donors (Lipinski definition) is 2. The maximum absolute atomic E-state index is 11.2. The highest BCUT2D eigenvalue weighted by molar-refractivity contribution is 5.79. The van der Waals surface area contributed by atoms with Crippen molar-refractivity contribution >= 4 is 5.91 Å². The summed E-state index contributed by atoms with van der Waals surface area (Å²) in [5, 5.41) is 3.05. The summed E-state index contributed by atoms with van der Waals surface area (Å²) in [6.45, 7) is 2.58. The minimum absolute atomic E-state index is 0.473. The quantitative estimate of drug-likeness (QED) is 0.761. The molecular weight excluding hydrogens is 232 g/mol. The molecule has 0 spiro atoms. The summed E-state index contributed by atoms with van der Waals surface area (Å²) in [6, 6.07) is 5.58. The zero-order chi connectivity index (χ0) is 13.5. The number of nitrogens with two attached hydrogens (primary N) is 1. The molecule has 1 amide bonds. The maximum Gasteiger partial charge on any atom is 0.258 e. The molecule has 1 aromatic rings. The third-order valence-electron chi connectivity index (χ3n) is 2.57. The van der Waals surface area contributed by atoms with Gasteiger partial charge in [-0.1, -0.05) is 13.0 Å². The molecule has 0 aliphatic carbocycles. The zero-order valence-electron chi connectivity index (χ0n) is 11.0. The topological polar surface area (TPSA) is 73.6 Å². The second-order valence-electron chi connectivity index (χ2n) is 3.93. The number of primary amides is 1. The fraction of sp³-hybridized carbons (Fsp3) is 0.462. The molecule has 1 aromatic carbocycles. The van der Waals surface area contributed by atoms with E-state index in [2.05, 4.69) is 5.32 Å². The summed E-state index contributed by atoms with van der Waals surface area (Å²) in [5.74, 6) is 0.657. The van der Waals surface area contributed by atoms with E-state index in [1.54, 1.807) is 13.2 Å². The van der Waals surface area contributed by atoms with Gasteiger partial charge in [-0.15, -0.1) is 0 Å². The minimum Gasteiger partial charge on any atom is -0.493 e. The average Bonchev–Trinajstić information content (AvgIpc) is 2.36. The Balaban J connectivity index is 2.91. The number of carbonyl (C=O) groups excluding carboxylic acids is 1. The average molecular weight is 252 g/mol. The number of ether oxygens (including phenoxy) is 2. The fourth-order valence-corrected chi connectivity index (χ4v) is 1.62. The van der Waals surface area contributed by atoms with Gasteiger partial charge in [0.15, 0.2) is 17.6 Å². The Bertz CT molecular complexity index is 407. The van der Waals surface area contributed by atoms with Crippen LogP contribution < -0.4 is 20.5 Å². The SMILES string of the molecule is CCC(Oc1ccc(CNC)cc1OC)C(N)=O. The summed E-state index contributed by atoms with van der Waals surface area (Å²) < 4.78 is 10.8. The van der Waals surface area contributed by atoms with Gasteiger partial charge in [-0.25, -0.2) is 0 Å². The molecule has 0 aliphatic heterocycles. The van der Waals surface area contributed by atoms with Crippen LogP contribution in [0.2, 0.25) is 0 Å². The van der Waals surface area contributed by atoms with Crippen molar-refractivity contribution in [3.05, 3.63) is 23.8 Å². The summed E-state index contributed by atoms with van der Waals surface area (Å²) >= 11 is 0. The number of hydrogen-bond acceptors (Lipinski definition) is 4. The van der Waals surface area contributed by atoms with Crippen LogP contribution in [0.4, 0.5) is 0 Å². The smallest absolute Gasteiger partial charge is 0.258 e. The number of nitrogens with one attached hydrogen (secondary N) is 1. The van der Waals surface area contributed by atoms with Crippen LogP contribution in [0.25, 0.3) is 0 Å². The molecule has 1 unspecified atom stereocenters. The lowest BCUT2D eigenvalue weighted by atomic mass is 10.2. The largest absolute Gasteiger partial charge is 0.493 e. The number of carbonyl (C=O) groups is 1. The molecule has 0 fully saturated rings. The zero-order valence-corrected chi connectivity index (χ0v) is 11.0. The van der Waals surface area contributed by atoms with Crippen molar-refractivity contribution in [1.82, 2.24) is 5.32 Å². The van der Waals surface area contributed by atoms with Crippen molar-refractivity contribution in [3.8, 4) is 11.5 Å². The van der Waals surface area contributed by atoms with Gasteiger partial charge in [-0.3, -0.25) is 4.79 Å².